The zero-order chi connectivity index (χ0) is 23.8. The van der Waals surface area contributed by atoms with Crippen molar-refractivity contribution in [3.05, 3.63) is 47.5 Å². The average molecular weight is 478 g/mol. The van der Waals surface area contributed by atoms with Crippen LogP contribution in [0.4, 0.5) is 10.3 Å². The van der Waals surface area contributed by atoms with Crippen molar-refractivity contribution < 1.29 is 22.7 Å². The molecule has 0 amide bonds. The number of hydrogen-bond acceptors (Lipinski definition) is 7. The van der Waals surface area contributed by atoms with Crippen molar-refractivity contribution in [3.8, 4) is 0 Å². The molecule has 2 heterocycles. The number of piperidine rings is 1. The zero-order valence-electron chi connectivity index (χ0n) is 19.4. The Morgan fingerprint density at radius 3 is 2.45 bits per heavy atom. The highest BCUT2D eigenvalue weighted by Crippen LogP contribution is 2.48. The fourth-order valence-electron chi connectivity index (χ4n) is 4.56. The highest BCUT2D eigenvalue weighted by atomic mass is 32.2. The van der Waals surface area contributed by atoms with Crippen LogP contribution in [-0.2, 0) is 26.8 Å². The second-order valence-electron chi connectivity index (χ2n) is 9.86. The third-order valence-corrected chi connectivity index (χ3v) is 7.90. The molecule has 4 rings (SSSR count). The topological polar surface area (TPSA) is 92.6 Å². The third-order valence-electron chi connectivity index (χ3n) is 6.79. The van der Waals surface area contributed by atoms with Crippen LogP contribution >= 0.6 is 0 Å². The van der Waals surface area contributed by atoms with Gasteiger partial charge in [0, 0.05) is 42.9 Å². The number of hydrogen-bond donors (Lipinski definition) is 1. The molecule has 0 spiro atoms. The molecule has 1 aromatic carbocycles. The van der Waals surface area contributed by atoms with Crippen LogP contribution in [0.5, 0.6) is 0 Å². The van der Waals surface area contributed by atoms with Gasteiger partial charge in [-0.2, -0.15) is 0 Å². The summed E-state index contributed by atoms with van der Waals surface area (Å²) < 4.78 is 43.0. The highest BCUT2D eigenvalue weighted by Gasteiger charge is 2.43. The van der Waals surface area contributed by atoms with E-state index in [9.17, 15) is 17.9 Å². The summed E-state index contributed by atoms with van der Waals surface area (Å²) in [6.07, 6.45) is 7.76. The van der Waals surface area contributed by atoms with E-state index in [-0.39, 0.29) is 11.5 Å². The summed E-state index contributed by atoms with van der Waals surface area (Å²) in [5, 5.41) is 10.1. The summed E-state index contributed by atoms with van der Waals surface area (Å²) in [6.45, 7) is 6.01. The minimum absolute atomic E-state index is 0.0177. The molecular weight excluding hydrogens is 445 g/mol. The molecule has 7 nitrogen and oxygen atoms in total. The Balaban J connectivity index is 1.20. The van der Waals surface area contributed by atoms with Crippen LogP contribution in [0.25, 0.3) is 0 Å². The van der Waals surface area contributed by atoms with E-state index in [1.165, 1.54) is 12.1 Å². The van der Waals surface area contributed by atoms with E-state index in [1.807, 2.05) is 0 Å². The van der Waals surface area contributed by atoms with Crippen molar-refractivity contribution in [2.75, 3.05) is 30.9 Å². The smallest absolute Gasteiger partial charge is 0.225 e. The lowest BCUT2D eigenvalue weighted by molar-refractivity contribution is 0.0778. The van der Waals surface area contributed by atoms with Crippen LogP contribution in [0.1, 0.15) is 44.2 Å². The summed E-state index contributed by atoms with van der Waals surface area (Å²) >= 11 is 0. The SMILES string of the molecule is CC(C)(O)c1cnc(N2CCC([C@H]3C[C@H]3COCc3ccc(S(C)(=O)=O)cc3F)CC2)nc1. The first-order valence-electron chi connectivity index (χ1n) is 11.4. The molecular formula is C24H32FN3O4S. The molecule has 0 radical (unpaired) electrons. The minimum Gasteiger partial charge on any atom is -0.386 e. The fourth-order valence-corrected chi connectivity index (χ4v) is 5.20. The summed E-state index contributed by atoms with van der Waals surface area (Å²) in [7, 11) is -3.42. The predicted octanol–water partition coefficient (Wildman–Crippen LogP) is 3.32. The highest BCUT2D eigenvalue weighted by molar-refractivity contribution is 7.90. The van der Waals surface area contributed by atoms with Crippen molar-refractivity contribution in [3.63, 3.8) is 0 Å². The van der Waals surface area contributed by atoms with Gasteiger partial charge in [0.05, 0.1) is 23.7 Å². The van der Waals surface area contributed by atoms with E-state index >= 15 is 0 Å². The number of sulfone groups is 1. The Hall–Kier alpha value is -2.10. The van der Waals surface area contributed by atoms with E-state index in [2.05, 4.69) is 14.9 Å². The van der Waals surface area contributed by atoms with Crippen LogP contribution in [-0.4, -0.2) is 49.4 Å². The maximum atomic E-state index is 14.2. The molecule has 0 bridgehead atoms. The normalized spacial score (nSPS) is 21.9. The third kappa shape index (κ3) is 5.88. The van der Waals surface area contributed by atoms with Crippen LogP contribution in [0.2, 0.25) is 0 Å². The van der Waals surface area contributed by atoms with Gasteiger partial charge in [-0.1, -0.05) is 6.07 Å². The molecule has 1 aromatic heterocycles. The number of nitrogens with zero attached hydrogens (tertiary/aromatic N) is 3. The van der Waals surface area contributed by atoms with Gasteiger partial charge in [0.1, 0.15) is 5.82 Å². The molecule has 1 aliphatic carbocycles. The molecule has 9 heteroatoms. The Kier molecular flexibility index (Phi) is 6.75. The molecule has 33 heavy (non-hydrogen) atoms. The summed E-state index contributed by atoms with van der Waals surface area (Å²) in [5.74, 6) is 1.96. The molecule has 0 unspecified atom stereocenters. The Labute approximate surface area is 194 Å². The van der Waals surface area contributed by atoms with Gasteiger partial charge >= 0.3 is 0 Å². The lowest BCUT2D eigenvalue weighted by Gasteiger charge is -2.32. The van der Waals surface area contributed by atoms with Crippen molar-refractivity contribution in [1.29, 1.82) is 0 Å². The molecule has 2 fully saturated rings. The van der Waals surface area contributed by atoms with E-state index in [1.54, 1.807) is 26.2 Å². The molecule has 1 N–H and O–H groups in total. The van der Waals surface area contributed by atoms with Gasteiger partial charge in [-0.05, 0) is 63.0 Å². The van der Waals surface area contributed by atoms with Gasteiger partial charge in [-0.3, -0.25) is 0 Å². The van der Waals surface area contributed by atoms with E-state index < -0.39 is 21.3 Å². The van der Waals surface area contributed by atoms with Crippen molar-refractivity contribution in [2.24, 2.45) is 17.8 Å². The molecule has 180 valence electrons. The molecule has 2 aliphatic rings. The molecule has 2 atom stereocenters. The molecule has 1 saturated carbocycles. The van der Waals surface area contributed by atoms with Crippen LogP contribution in [0.3, 0.4) is 0 Å². The largest absolute Gasteiger partial charge is 0.386 e. The number of anilines is 1. The van der Waals surface area contributed by atoms with Crippen molar-refractivity contribution >= 4 is 15.8 Å². The predicted molar refractivity (Wildman–Crippen MR) is 123 cm³/mol. The first-order chi connectivity index (χ1) is 15.5. The van der Waals surface area contributed by atoms with Gasteiger partial charge in [0.2, 0.25) is 5.95 Å². The Morgan fingerprint density at radius 1 is 1.21 bits per heavy atom. The Bertz CT molecular complexity index is 1080. The second kappa shape index (κ2) is 9.27. The maximum Gasteiger partial charge on any atom is 0.225 e. The number of aromatic nitrogens is 2. The van der Waals surface area contributed by atoms with Gasteiger partial charge in [0.25, 0.3) is 0 Å². The standard InChI is InChI=1S/C24H32FN3O4S/c1-24(2,29)19-12-26-23(27-13-19)28-8-6-16(7-9-28)21-10-18(21)15-32-14-17-4-5-20(11-22(17)25)33(3,30)31/h4-5,11-13,16,18,21,29H,6-10,14-15H2,1-3H3/t18-,21+/m0/s1. The number of benzene rings is 1. The summed E-state index contributed by atoms with van der Waals surface area (Å²) in [6, 6.07) is 3.97. The zero-order valence-corrected chi connectivity index (χ0v) is 20.2. The minimum atomic E-state index is -3.42. The average Bonchev–Trinajstić information content (AvgIpc) is 3.53. The number of rotatable bonds is 8. The molecule has 2 aromatic rings. The van der Waals surface area contributed by atoms with Gasteiger partial charge in [-0.15, -0.1) is 0 Å². The lowest BCUT2D eigenvalue weighted by Crippen LogP contribution is -2.35. The maximum absolute atomic E-state index is 14.2. The molecule has 1 aliphatic heterocycles. The second-order valence-corrected chi connectivity index (χ2v) is 11.9. The van der Waals surface area contributed by atoms with E-state index in [4.69, 9.17) is 4.74 Å². The van der Waals surface area contributed by atoms with Crippen LogP contribution < -0.4 is 4.90 Å². The van der Waals surface area contributed by atoms with E-state index in [0.717, 1.165) is 44.7 Å². The van der Waals surface area contributed by atoms with Gasteiger partial charge < -0.3 is 14.7 Å². The summed E-state index contributed by atoms with van der Waals surface area (Å²) in [4.78, 5) is 11.0. The van der Waals surface area contributed by atoms with E-state index in [0.29, 0.717) is 41.4 Å². The van der Waals surface area contributed by atoms with Gasteiger partial charge in [0.15, 0.2) is 9.84 Å². The first-order valence-corrected chi connectivity index (χ1v) is 13.3. The quantitative estimate of drug-likeness (QED) is 0.623. The number of ether oxygens (including phenoxy) is 1. The lowest BCUT2D eigenvalue weighted by atomic mass is 9.91. The van der Waals surface area contributed by atoms with Gasteiger partial charge in [-0.25, -0.2) is 22.8 Å². The van der Waals surface area contributed by atoms with Crippen LogP contribution in [0, 0.1) is 23.6 Å². The summed E-state index contributed by atoms with van der Waals surface area (Å²) in [5.41, 5.74) is 0.136. The van der Waals surface area contributed by atoms with Crippen LogP contribution in [0.15, 0.2) is 35.5 Å². The number of aliphatic hydroxyl groups is 1. The Morgan fingerprint density at radius 2 is 1.88 bits per heavy atom. The number of halogens is 1. The van der Waals surface area contributed by atoms with Crippen molar-refractivity contribution in [2.45, 2.75) is 50.2 Å². The van der Waals surface area contributed by atoms with Crippen molar-refractivity contribution in [1.82, 2.24) is 9.97 Å². The monoisotopic (exact) mass is 477 g/mol. The molecule has 1 saturated heterocycles. The fraction of sp³-hybridized carbons (Fsp3) is 0.583. The first kappa shape index (κ1) is 24.0.